The molecule has 1 N–H and O–H groups in total. The summed E-state index contributed by atoms with van der Waals surface area (Å²) in [7, 11) is 0. The van der Waals surface area contributed by atoms with Gasteiger partial charge < -0.3 is 4.90 Å². The molecule has 2 amide bonds. The summed E-state index contributed by atoms with van der Waals surface area (Å²) >= 11 is 1.77. The molecule has 7 heteroatoms. The maximum atomic E-state index is 12.3. The summed E-state index contributed by atoms with van der Waals surface area (Å²) in [4.78, 5) is 28.9. The SMILES string of the molecule is O=C1CCC(C(=O)N2CCN(Cc3cccs3)CC2)=NN1. The normalized spacial score (nSPS) is 20.1. The van der Waals surface area contributed by atoms with Crippen LogP contribution in [0.25, 0.3) is 0 Å². The number of nitrogens with one attached hydrogen (secondary N) is 1. The summed E-state index contributed by atoms with van der Waals surface area (Å²) in [5, 5.41) is 5.97. The Morgan fingerprint density at radius 1 is 1.29 bits per heavy atom. The number of amides is 2. The maximum absolute atomic E-state index is 12.3. The van der Waals surface area contributed by atoms with E-state index in [1.807, 2.05) is 4.90 Å². The van der Waals surface area contributed by atoms with Gasteiger partial charge in [0.25, 0.3) is 5.91 Å². The maximum Gasteiger partial charge on any atom is 0.270 e. The number of hydrogen-bond acceptors (Lipinski definition) is 5. The Hall–Kier alpha value is -1.73. The summed E-state index contributed by atoms with van der Waals surface area (Å²) < 4.78 is 0. The molecule has 1 aromatic heterocycles. The molecule has 0 saturated carbocycles. The number of nitrogens with zero attached hydrogens (tertiary/aromatic N) is 3. The van der Waals surface area contributed by atoms with Crippen molar-refractivity contribution in [1.82, 2.24) is 15.2 Å². The number of hydrazone groups is 1. The Labute approximate surface area is 127 Å². The van der Waals surface area contributed by atoms with Gasteiger partial charge in [0.05, 0.1) is 0 Å². The van der Waals surface area contributed by atoms with E-state index in [2.05, 4.69) is 32.9 Å². The zero-order valence-corrected chi connectivity index (χ0v) is 12.6. The molecule has 3 heterocycles. The number of carbonyl (C=O) groups excluding carboxylic acids is 2. The summed E-state index contributed by atoms with van der Waals surface area (Å²) in [6.07, 6.45) is 0.795. The van der Waals surface area contributed by atoms with Gasteiger partial charge in [-0.2, -0.15) is 5.10 Å². The Kier molecular flexibility index (Phi) is 4.31. The van der Waals surface area contributed by atoms with Gasteiger partial charge in [-0.15, -0.1) is 11.3 Å². The van der Waals surface area contributed by atoms with E-state index in [0.717, 1.165) is 32.7 Å². The first-order chi connectivity index (χ1) is 10.2. The number of piperazine rings is 1. The van der Waals surface area contributed by atoms with Crippen LogP contribution in [0.15, 0.2) is 22.6 Å². The highest BCUT2D eigenvalue weighted by Crippen LogP contribution is 2.14. The lowest BCUT2D eigenvalue weighted by molar-refractivity contribution is -0.126. The third-order valence-corrected chi connectivity index (χ3v) is 4.63. The highest BCUT2D eigenvalue weighted by molar-refractivity contribution is 7.09. The molecule has 2 aliphatic rings. The molecule has 1 saturated heterocycles. The monoisotopic (exact) mass is 306 g/mol. The molecule has 0 spiro atoms. The summed E-state index contributed by atoms with van der Waals surface area (Å²) in [6, 6.07) is 4.21. The molecule has 6 nitrogen and oxygen atoms in total. The van der Waals surface area contributed by atoms with Gasteiger partial charge in [0.1, 0.15) is 5.71 Å². The molecular weight excluding hydrogens is 288 g/mol. The number of hydrogen-bond donors (Lipinski definition) is 1. The molecule has 0 atom stereocenters. The Morgan fingerprint density at radius 2 is 2.10 bits per heavy atom. The fraction of sp³-hybridized carbons (Fsp3) is 0.500. The van der Waals surface area contributed by atoms with Gasteiger partial charge in [0.15, 0.2) is 0 Å². The zero-order valence-electron chi connectivity index (χ0n) is 11.7. The van der Waals surface area contributed by atoms with Gasteiger partial charge >= 0.3 is 0 Å². The van der Waals surface area contributed by atoms with Crippen LogP contribution >= 0.6 is 11.3 Å². The molecule has 2 aliphatic heterocycles. The third kappa shape index (κ3) is 3.48. The average molecular weight is 306 g/mol. The lowest BCUT2D eigenvalue weighted by Gasteiger charge is -2.34. The smallest absolute Gasteiger partial charge is 0.270 e. The molecule has 21 heavy (non-hydrogen) atoms. The van der Waals surface area contributed by atoms with Crippen LogP contribution in [-0.4, -0.2) is 53.5 Å². The van der Waals surface area contributed by atoms with Gasteiger partial charge in [0.2, 0.25) is 5.91 Å². The van der Waals surface area contributed by atoms with E-state index in [1.54, 1.807) is 11.3 Å². The predicted octanol–water partition coefficient (Wildman–Crippen LogP) is 0.658. The number of rotatable bonds is 3. The number of thiophene rings is 1. The van der Waals surface area contributed by atoms with Crippen LogP contribution in [0.1, 0.15) is 17.7 Å². The van der Waals surface area contributed by atoms with Crippen LogP contribution in [0, 0.1) is 0 Å². The van der Waals surface area contributed by atoms with E-state index in [-0.39, 0.29) is 11.8 Å². The minimum absolute atomic E-state index is 0.0363. The molecule has 0 bridgehead atoms. The molecule has 0 aromatic carbocycles. The van der Waals surface area contributed by atoms with Crippen molar-refractivity contribution in [2.45, 2.75) is 19.4 Å². The van der Waals surface area contributed by atoms with Crippen molar-refractivity contribution in [2.75, 3.05) is 26.2 Å². The van der Waals surface area contributed by atoms with Crippen LogP contribution in [0.5, 0.6) is 0 Å². The zero-order chi connectivity index (χ0) is 14.7. The second-order valence-corrected chi connectivity index (χ2v) is 6.27. The van der Waals surface area contributed by atoms with Gasteiger partial charge in [-0.3, -0.25) is 14.5 Å². The standard InChI is InChI=1S/C14H18N4O2S/c19-13-4-3-12(15-16-13)14(20)18-7-5-17(6-8-18)10-11-2-1-9-21-11/h1-2,9H,3-8,10H2,(H,16,19). The van der Waals surface area contributed by atoms with Crippen molar-refractivity contribution in [3.05, 3.63) is 22.4 Å². The summed E-state index contributed by atoms with van der Waals surface area (Å²) in [5.74, 6) is -0.155. The van der Waals surface area contributed by atoms with E-state index >= 15 is 0 Å². The fourth-order valence-corrected chi connectivity index (χ4v) is 3.29. The lowest BCUT2D eigenvalue weighted by Crippen LogP contribution is -2.50. The first-order valence-electron chi connectivity index (χ1n) is 7.12. The average Bonchev–Trinajstić information content (AvgIpc) is 3.01. The molecule has 112 valence electrons. The quantitative estimate of drug-likeness (QED) is 0.892. The van der Waals surface area contributed by atoms with Crippen molar-refractivity contribution in [3.8, 4) is 0 Å². The fourth-order valence-electron chi connectivity index (χ4n) is 2.54. The van der Waals surface area contributed by atoms with E-state index in [0.29, 0.717) is 18.6 Å². The highest BCUT2D eigenvalue weighted by atomic mass is 32.1. The van der Waals surface area contributed by atoms with E-state index in [1.165, 1.54) is 4.88 Å². The second kappa shape index (κ2) is 6.36. The molecule has 0 aliphatic carbocycles. The van der Waals surface area contributed by atoms with Crippen molar-refractivity contribution < 1.29 is 9.59 Å². The van der Waals surface area contributed by atoms with E-state index in [4.69, 9.17) is 0 Å². The van der Waals surface area contributed by atoms with Gasteiger partial charge in [-0.1, -0.05) is 6.07 Å². The van der Waals surface area contributed by atoms with Gasteiger partial charge in [0, 0.05) is 50.4 Å². The van der Waals surface area contributed by atoms with E-state index < -0.39 is 0 Å². The first-order valence-corrected chi connectivity index (χ1v) is 8.00. The Bertz CT molecular complexity index is 547. The molecule has 0 radical (unpaired) electrons. The Balaban J connectivity index is 1.51. The van der Waals surface area contributed by atoms with Crippen LogP contribution in [0.2, 0.25) is 0 Å². The van der Waals surface area contributed by atoms with Crippen LogP contribution < -0.4 is 5.43 Å². The van der Waals surface area contributed by atoms with Crippen molar-refractivity contribution >= 4 is 28.9 Å². The van der Waals surface area contributed by atoms with Crippen LogP contribution in [0.3, 0.4) is 0 Å². The van der Waals surface area contributed by atoms with Crippen molar-refractivity contribution in [1.29, 1.82) is 0 Å². The third-order valence-electron chi connectivity index (χ3n) is 3.77. The second-order valence-electron chi connectivity index (χ2n) is 5.24. The minimum atomic E-state index is -0.118. The van der Waals surface area contributed by atoms with Crippen LogP contribution in [-0.2, 0) is 16.1 Å². The predicted molar refractivity (Wildman–Crippen MR) is 81.0 cm³/mol. The number of carbonyl (C=O) groups is 2. The van der Waals surface area contributed by atoms with Gasteiger partial charge in [-0.25, -0.2) is 5.43 Å². The van der Waals surface area contributed by atoms with Crippen molar-refractivity contribution in [2.24, 2.45) is 5.10 Å². The largest absolute Gasteiger partial charge is 0.335 e. The van der Waals surface area contributed by atoms with E-state index in [9.17, 15) is 9.59 Å². The van der Waals surface area contributed by atoms with Crippen LogP contribution in [0.4, 0.5) is 0 Å². The first kappa shape index (κ1) is 14.2. The molecule has 1 fully saturated rings. The van der Waals surface area contributed by atoms with Gasteiger partial charge in [-0.05, 0) is 11.4 Å². The highest BCUT2D eigenvalue weighted by Gasteiger charge is 2.26. The van der Waals surface area contributed by atoms with Crippen molar-refractivity contribution in [3.63, 3.8) is 0 Å². The topological polar surface area (TPSA) is 65.0 Å². The molecule has 3 rings (SSSR count). The molecule has 1 aromatic rings. The molecule has 0 unspecified atom stereocenters. The lowest BCUT2D eigenvalue weighted by atomic mass is 10.1. The minimum Gasteiger partial charge on any atom is -0.335 e. The summed E-state index contributed by atoms with van der Waals surface area (Å²) in [6.45, 7) is 4.15. The molecular formula is C14H18N4O2S. The Morgan fingerprint density at radius 3 is 2.71 bits per heavy atom. The summed E-state index contributed by atoms with van der Waals surface area (Å²) in [5.41, 5.74) is 2.86.